The van der Waals surface area contributed by atoms with E-state index in [9.17, 15) is 18.4 Å². The molecule has 1 heterocycles. The van der Waals surface area contributed by atoms with Crippen LogP contribution in [0.15, 0.2) is 45.4 Å². The van der Waals surface area contributed by atoms with Crippen molar-refractivity contribution in [3.8, 4) is 0 Å². The third kappa shape index (κ3) is 4.72. The summed E-state index contributed by atoms with van der Waals surface area (Å²) in [6.07, 6.45) is 2.41. The van der Waals surface area contributed by atoms with Crippen LogP contribution in [0.25, 0.3) is 0 Å². The zero-order valence-electron chi connectivity index (χ0n) is 12.7. The maximum atomic E-state index is 13.1. The van der Waals surface area contributed by atoms with E-state index < -0.39 is 17.8 Å². The van der Waals surface area contributed by atoms with Crippen LogP contribution in [0.3, 0.4) is 0 Å². The van der Waals surface area contributed by atoms with Gasteiger partial charge in [0.15, 0.2) is 5.17 Å². The first-order chi connectivity index (χ1) is 11.3. The summed E-state index contributed by atoms with van der Waals surface area (Å²) in [5.74, 6) is -4.03. The normalized spacial score (nSPS) is 18.4. The molecule has 0 bridgehead atoms. The topological polar surface area (TPSA) is 80.1 Å². The predicted octanol–water partition coefficient (Wildman–Crippen LogP) is 2.41. The Balaban J connectivity index is 2.03. The number of rotatable bonds is 4. The molecule has 9 heteroatoms. The van der Waals surface area contributed by atoms with Gasteiger partial charge in [-0.15, -0.1) is 5.10 Å². The van der Waals surface area contributed by atoms with Crippen molar-refractivity contribution in [3.05, 3.63) is 46.4 Å². The van der Waals surface area contributed by atoms with Crippen LogP contribution in [0.2, 0.25) is 0 Å². The summed E-state index contributed by atoms with van der Waals surface area (Å²) in [7, 11) is 1.20. The fourth-order valence-electron chi connectivity index (χ4n) is 1.65. The van der Waals surface area contributed by atoms with Crippen LogP contribution in [0.5, 0.6) is 0 Å². The van der Waals surface area contributed by atoms with E-state index in [2.05, 4.69) is 20.3 Å². The van der Waals surface area contributed by atoms with Gasteiger partial charge in [0, 0.05) is 18.6 Å². The molecule has 0 radical (unpaired) electrons. The number of nitrogens with zero attached hydrogens (tertiary/aromatic N) is 2. The van der Waals surface area contributed by atoms with Crippen molar-refractivity contribution in [2.75, 3.05) is 7.11 Å². The van der Waals surface area contributed by atoms with Crippen LogP contribution in [0, 0.1) is 0 Å². The summed E-state index contributed by atoms with van der Waals surface area (Å²) in [4.78, 5) is 22.8. The highest BCUT2D eigenvalue weighted by atomic mass is 32.2. The minimum atomic E-state index is -2.90. The van der Waals surface area contributed by atoms with Crippen molar-refractivity contribution in [2.24, 2.45) is 10.2 Å². The lowest BCUT2D eigenvalue weighted by Gasteiger charge is -2.09. The Hall–Kier alpha value is -2.55. The van der Waals surface area contributed by atoms with E-state index in [4.69, 9.17) is 0 Å². The summed E-state index contributed by atoms with van der Waals surface area (Å²) < 4.78 is 30.6. The van der Waals surface area contributed by atoms with E-state index in [1.165, 1.54) is 37.6 Å². The molecule has 1 N–H and O–H groups in total. The lowest BCUT2D eigenvalue weighted by Crippen LogP contribution is -2.19. The number of carbonyl (C=O) groups excluding carboxylic acids is 2. The van der Waals surface area contributed by atoms with Crippen LogP contribution < -0.4 is 5.32 Å². The van der Waals surface area contributed by atoms with Gasteiger partial charge in [0.25, 0.3) is 11.8 Å². The average Bonchev–Trinajstić information content (AvgIpc) is 2.86. The molecular weight excluding hydrogens is 340 g/mol. The smallest absolute Gasteiger partial charge is 0.331 e. The van der Waals surface area contributed by atoms with Gasteiger partial charge in [0.1, 0.15) is 0 Å². The second kappa shape index (κ2) is 7.35. The molecular formula is C15H13F2N3O3S. The molecule has 1 aromatic carbocycles. The molecule has 2 rings (SSSR count). The lowest BCUT2D eigenvalue weighted by molar-refractivity contribution is -0.135. The van der Waals surface area contributed by atoms with Crippen LogP contribution >= 0.6 is 11.8 Å². The van der Waals surface area contributed by atoms with E-state index in [1.807, 2.05) is 0 Å². The Morgan fingerprint density at radius 3 is 2.58 bits per heavy atom. The maximum absolute atomic E-state index is 13.1. The number of hydrogen-bond donors (Lipinski definition) is 1. The van der Waals surface area contributed by atoms with E-state index in [0.29, 0.717) is 5.56 Å². The molecule has 6 nitrogen and oxygen atoms in total. The highest BCUT2D eigenvalue weighted by Gasteiger charge is 2.25. The molecule has 0 spiro atoms. The third-order valence-electron chi connectivity index (χ3n) is 2.87. The van der Waals surface area contributed by atoms with Crippen molar-refractivity contribution in [3.63, 3.8) is 0 Å². The summed E-state index contributed by atoms with van der Waals surface area (Å²) in [5, 5.41) is 10.2. The van der Waals surface area contributed by atoms with Gasteiger partial charge in [0.05, 0.1) is 18.2 Å². The number of alkyl halides is 2. The molecule has 0 aliphatic carbocycles. The third-order valence-corrected chi connectivity index (χ3v) is 3.77. The first-order valence-electron chi connectivity index (χ1n) is 6.68. The largest absolute Gasteiger partial charge is 0.466 e. The number of halogens is 2. The minimum Gasteiger partial charge on any atom is -0.466 e. The molecule has 1 aliphatic heterocycles. The molecule has 1 aromatic rings. The first-order valence-corrected chi connectivity index (χ1v) is 7.49. The van der Waals surface area contributed by atoms with E-state index in [-0.39, 0.29) is 15.6 Å². The molecule has 126 valence electrons. The zero-order valence-corrected chi connectivity index (χ0v) is 13.6. The van der Waals surface area contributed by atoms with E-state index >= 15 is 0 Å². The van der Waals surface area contributed by atoms with Crippen LogP contribution in [-0.4, -0.2) is 30.4 Å². The van der Waals surface area contributed by atoms with Crippen molar-refractivity contribution < 1.29 is 23.1 Å². The van der Waals surface area contributed by atoms with Gasteiger partial charge in [-0.1, -0.05) is 24.3 Å². The van der Waals surface area contributed by atoms with Crippen LogP contribution in [0.1, 0.15) is 18.1 Å². The fourth-order valence-corrected chi connectivity index (χ4v) is 2.39. The Labute approximate surface area is 140 Å². The molecule has 0 atom stereocenters. The van der Waals surface area contributed by atoms with Crippen molar-refractivity contribution in [2.45, 2.75) is 12.8 Å². The number of benzene rings is 1. The Bertz CT molecular complexity index is 737. The lowest BCUT2D eigenvalue weighted by atomic mass is 10.1. The molecule has 0 aromatic heterocycles. The number of amidine groups is 1. The highest BCUT2D eigenvalue weighted by molar-refractivity contribution is 8.18. The number of carbonyl (C=O) groups is 2. The van der Waals surface area contributed by atoms with Crippen LogP contribution in [0.4, 0.5) is 8.78 Å². The molecule has 1 amide bonds. The zero-order chi connectivity index (χ0) is 17.7. The van der Waals surface area contributed by atoms with Gasteiger partial charge >= 0.3 is 5.97 Å². The summed E-state index contributed by atoms with van der Waals surface area (Å²) in [6, 6.07) is 5.58. The summed E-state index contributed by atoms with van der Waals surface area (Å²) >= 11 is 0.940. The predicted molar refractivity (Wildman–Crippen MR) is 86.9 cm³/mol. The molecule has 1 aliphatic rings. The molecule has 0 unspecified atom stereocenters. The maximum Gasteiger partial charge on any atom is 0.331 e. The van der Waals surface area contributed by atoms with Crippen molar-refractivity contribution in [1.82, 2.24) is 5.32 Å². The molecule has 1 saturated heterocycles. The number of thioether (sulfide) groups is 1. The van der Waals surface area contributed by atoms with Crippen molar-refractivity contribution >= 4 is 35.0 Å². The Morgan fingerprint density at radius 2 is 2.00 bits per heavy atom. The average molecular weight is 353 g/mol. The fraction of sp³-hybridized carbons (Fsp3) is 0.200. The second-order valence-corrected chi connectivity index (χ2v) is 5.78. The van der Waals surface area contributed by atoms with E-state index in [0.717, 1.165) is 24.8 Å². The van der Waals surface area contributed by atoms with Crippen molar-refractivity contribution in [1.29, 1.82) is 0 Å². The van der Waals surface area contributed by atoms with Gasteiger partial charge in [0.2, 0.25) is 0 Å². The SMILES string of the molecule is COC(=O)/C=C1/S/C(=N\N=Cc2ccc(C(C)(F)F)cc2)NC1=O. The monoisotopic (exact) mass is 353 g/mol. The Kier molecular flexibility index (Phi) is 5.45. The number of esters is 1. The number of methoxy groups -OCH3 is 1. The standard InChI is InChI=1S/C15H13F2N3O3S/c1-15(16,17)10-5-3-9(4-6-10)8-18-20-14-19-13(22)11(24-14)7-12(21)23-2/h3-8H,1-2H3,(H,19,20,22)/b11-7+,18-8?. The van der Waals surface area contributed by atoms with Gasteiger partial charge in [-0.3, -0.25) is 10.1 Å². The number of amides is 1. The summed E-state index contributed by atoms with van der Waals surface area (Å²) in [5.41, 5.74) is 0.481. The minimum absolute atomic E-state index is 0.0952. The highest BCUT2D eigenvalue weighted by Crippen LogP contribution is 2.26. The molecule has 0 saturated carbocycles. The number of nitrogens with one attached hydrogen (secondary N) is 1. The molecule has 1 fully saturated rings. The van der Waals surface area contributed by atoms with Gasteiger partial charge in [-0.2, -0.15) is 5.10 Å². The number of ether oxygens (including phenoxy) is 1. The van der Waals surface area contributed by atoms with E-state index in [1.54, 1.807) is 0 Å². The quantitative estimate of drug-likeness (QED) is 0.390. The Morgan fingerprint density at radius 1 is 1.33 bits per heavy atom. The first kappa shape index (κ1) is 17.8. The van der Waals surface area contributed by atoms with Crippen LogP contribution in [-0.2, 0) is 20.2 Å². The van der Waals surface area contributed by atoms with Gasteiger partial charge in [-0.25, -0.2) is 13.6 Å². The number of hydrogen-bond acceptors (Lipinski definition) is 6. The van der Waals surface area contributed by atoms with Gasteiger partial charge < -0.3 is 4.74 Å². The second-order valence-electron chi connectivity index (χ2n) is 4.75. The summed E-state index contributed by atoms with van der Waals surface area (Å²) in [6.45, 7) is 0.821. The van der Waals surface area contributed by atoms with Gasteiger partial charge in [-0.05, 0) is 17.3 Å². The molecule has 24 heavy (non-hydrogen) atoms.